The SMILES string of the molecule is CC(=O)c1ccc(N(C)C(=O)OC(C)(C)C)cc1. The monoisotopic (exact) mass is 249 g/mol. The van der Waals surface area contributed by atoms with E-state index in [4.69, 9.17) is 4.74 Å². The van der Waals surface area contributed by atoms with Crippen LogP contribution in [0.5, 0.6) is 0 Å². The number of carbonyl (C=O) groups is 2. The molecule has 0 saturated carbocycles. The normalized spacial score (nSPS) is 10.9. The van der Waals surface area contributed by atoms with Crippen LogP contribution in [0.25, 0.3) is 0 Å². The van der Waals surface area contributed by atoms with Crippen molar-refractivity contribution in [2.45, 2.75) is 33.3 Å². The van der Waals surface area contributed by atoms with E-state index in [2.05, 4.69) is 0 Å². The molecule has 0 spiro atoms. The summed E-state index contributed by atoms with van der Waals surface area (Å²) in [7, 11) is 1.64. The van der Waals surface area contributed by atoms with Gasteiger partial charge in [0, 0.05) is 18.3 Å². The van der Waals surface area contributed by atoms with Crippen molar-refractivity contribution >= 4 is 17.6 Å². The lowest BCUT2D eigenvalue weighted by atomic mass is 10.1. The number of Topliss-reactive ketones (excluding diaryl/α,β-unsaturated/α-hetero) is 1. The number of ether oxygens (including phenoxy) is 1. The van der Waals surface area contributed by atoms with Gasteiger partial charge in [0.15, 0.2) is 5.78 Å². The summed E-state index contributed by atoms with van der Waals surface area (Å²) in [5.41, 5.74) is 0.788. The molecule has 4 heteroatoms. The summed E-state index contributed by atoms with van der Waals surface area (Å²) >= 11 is 0. The minimum atomic E-state index is -0.523. The van der Waals surface area contributed by atoms with E-state index in [9.17, 15) is 9.59 Å². The Balaban J connectivity index is 2.81. The Bertz CT molecular complexity index is 443. The van der Waals surface area contributed by atoms with Gasteiger partial charge in [0.1, 0.15) is 5.60 Å². The first-order valence-electron chi connectivity index (χ1n) is 5.78. The molecule has 0 radical (unpaired) electrons. The van der Waals surface area contributed by atoms with E-state index in [-0.39, 0.29) is 5.78 Å². The molecular formula is C14H19NO3. The molecule has 1 rings (SSSR count). The highest BCUT2D eigenvalue weighted by molar-refractivity contribution is 5.95. The third-order valence-electron chi connectivity index (χ3n) is 2.33. The smallest absolute Gasteiger partial charge is 0.414 e. The minimum Gasteiger partial charge on any atom is -0.443 e. The van der Waals surface area contributed by atoms with E-state index in [0.717, 1.165) is 0 Å². The van der Waals surface area contributed by atoms with Crippen molar-refractivity contribution in [2.75, 3.05) is 11.9 Å². The fourth-order valence-electron chi connectivity index (χ4n) is 1.36. The molecule has 0 unspecified atom stereocenters. The number of hydrogen-bond acceptors (Lipinski definition) is 3. The molecule has 0 saturated heterocycles. The maximum Gasteiger partial charge on any atom is 0.414 e. The first-order valence-corrected chi connectivity index (χ1v) is 5.78. The lowest BCUT2D eigenvalue weighted by Gasteiger charge is -2.24. The zero-order valence-electron chi connectivity index (χ0n) is 11.5. The summed E-state index contributed by atoms with van der Waals surface area (Å²) in [6.45, 7) is 6.96. The largest absolute Gasteiger partial charge is 0.443 e. The lowest BCUT2D eigenvalue weighted by molar-refractivity contribution is 0.0589. The van der Waals surface area contributed by atoms with Crippen molar-refractivity contribution in [1.82, 2.24) is 0 Å². The average molecular weight is 249 g/mol. The molecule has 1 aromatic rings. The van der Waals surface area contributed by atoms with Crippen molar-refractivity contribution in [3.8, 4) is 0 Å². The van der Waals surface area contributed by atoms with Gasteiger partial charge in [-0.25, -0.2) is 4.79 Å². The second-order valence-electron chi connectivity index (χ2n) is 5.14. The molecule has 4 nitrogen and oxygen atoms in total. The van der Waals surface area contributed by atoms with Gasteiger partial charge in [-0.2, -0.15) is 0 Å². The molecule has 0 bridgehead atoms. The van der Waals surface area contributed by atoms with Crippen LogP contribution in [0, 0.1) is 0 Å². The molecule has 0 heterocycles. The van der Waals surface area contributed by atoms with Crippen LogP contribution < -0.4 is 4.90 Å². The Labute approximate surface area is 108 Å². The van der Waals surface area contributed by atoms with Crippen LogP contribution in [0.1, 0.15) is 38.1 Å². The van der Waals surface area contributed by atoms with Crippen LogP contribution in [0.4, 0.5) is 10.5 Å². The third-order valence-corrected chi connectivity index (χ3v) is 2.33. The van der Waals surface area contributed by atoms with Crippen LogP contribution in [0.3, 0.4) is 0 Å². The fraction of sp³-hybridized carbons (Fsp3) is 0.429. The summed E-state index contributed by atoms with van der Waals surface area (Å²) in [5, 5.41) is 0. The highest BCUT2D eigenvalue weighted by Gasteiger charge is 2.20. The van der Waals surface area contributed by atoms with Crippen LogP contribution in [-0.4, -0.2) is 24.5 Å². The molecule has 18 heavy (non-hydrogen) atoms. The second kappa shape index (κ2) is 5.21. The predicted octanol–water partition coefficient (Wildman–Crippen LogP) is 3.26. The Morgan fingerprint density at radius 1 is 1.11 bits per heavy atom. The van der Waals surface area contributed by atoms with Gasteiger partial charge in [-0.3, -0.25) is 9.69 Å². The van der Waals surface area contributed by atoms with E-state index < -0.39 is 11.7 Å². The van der Waals surface area contributed by atoms with Crippen molar-refractivity contribution in [3.05, 3.63) is 29.8 Å². The standard InChI is InChI=1S/C14H19NO3/c1-10(16)11-6-8-12(9-7-11)15(5)13(17)18-14(2,3)4/h6-9H,1-5H3. The van der Waals surface area contributed by atoms with Gasteiger partial charge < -0.3 is 4.74 Å². The maximum absolute atomic E-state index is 11.8. The van der Waals surface area contributed by atoms with Gasteiger partial charge in [0.05, 0.1) is 0 Å². The summed E-state index contributed by atoms with van der Waals surface area (Å²) in [6.07, 6.45) is -0.418. The van der Waals surface area contributed by atoms with E-state index >= 15 is 0 Å². The lowest BCUT2D eigenvalue weighted by Crippen LogP contribution is -2.34. The first-order chi connectivity index (χ1) is 8.20. The molecule has 1 amide bonds. The molecule has 0 aromatic heterocycles. The van der Waals surface area contributed by atoms with E-state index in [1.165, 1.54) is 11.8 Å². The van der Waals surface area contributed by atoms with Crippen LogP contribution >= 0.6 is 0 Å². The highest BCUT2D eigenvalue weighted by Crippen LogP contribution is 2.17. The fourth-order valence-corrected chi connectivity index (χ4v) is 1.36. The van der Waals surface area contributed by atoms with E-state index in [1.54, 1.807) is 31.3 Å². The summed E-state index contributed by atoms with van der Waals surface area (Å²) in [4.78, 5) is 24.4. The quantitative estimate of drug-likeness (QED) is 0.756. The molecule has 0 atom stereocenters. The number of carbonyl (C=O) groups excluding carboxylic acids is 2. The van der Waals surface area contributed by atoms with Crippen LogP contribution in [-0.2, 0) is 4.74 Å². The minimum absolute atomic E-state index is 0.00136. The van der Waals surface area contributed by atoms with Crippen molar-refractivity contribution in [3.63, 3.8) is 0 Å². The molecule has 0 N–H and O–H groups in total. The Hall–Kier alpha value is -1.84. The number of nitrogens with zero attached hydrogens (tertiary/aromatic N) is 1. The Morgan fingerprint density at radius 3 is 2.00 bits per heavy atom. The Morgan fingerprint density at radius 2 is 1.61 bits per heavy atom. The summed E-state index contributed by atoms with van der Waals surface area (Å²) < 4.78 is 5.25. The summed E-state index contributed by atoms with van der Waals surface area (Å²) in [5.74, 6) is 0.00136. The van der Waals surface area contributed by atoms with Crippen LogP contribution in [0.2, 0.25) is 0 Å². The zero-order valence-corrected chi connectivity index (χ0v) is 11.5. The summed E-state index contributed by atoms with van der Waals surface area (Å²) in [6, 6.07) is 6.83. The molecular weight excluding hydrogens is 230 g/mol. The first kappa shape index (κ1) is 14.2. The Kier molecular flexibility index (Phi) is 4.11. The molecule has 1 aromatic carbocycles. The topological polar surface area (TPSA) is 46.6 Å². The van der Waals surface area contributed by atoms with Crippen LogP contribution in [0.15, 0.2) is 24.3 Å². The number of amides is 1. The molecule has 0 aliphatic heterocycles. The van der Waals surface area contributed by atoms with Gasteiger partial charge in [0.2, 0.25) is 0 Å². The van der Waals surface area contributed by atoms with Crippen molar-refractivity contribution < 1.29 is 14.3 Å². The third kappa shape index (κ3) is 3.87. The number of anilines is 1. The van der Waals surface area contributed by atoms with E-state index in [1.807, 2.05) is 20.8 Å². The van der Waals surface area contributed by atoms with Gasteiger partial charge in [0.25, 0.3) is 0 Å². The van der Waals surface area contributed by atoms with Crippen molar-refractivity contribution in [1.29, 1.82) is 0 Å². The molecule has 98 valence electrons. The van der Waals surface area contributed by atoms with E-state index in [0.29, 0.717) is 11.3 Å². The number of rotatable bonds is 2. The number of ketones is 1. The zero-order chi connectivity index (χ0) is 13.9. The van der Waals surface area contributed by atoms with Crippen molar-refractivity contribution in [2.24, 2.45) is 0 Å². The molecule has 0 aliphatic rings. The van der Waals surface area contributed by atoms with Gasteiger partial charge in [-0.15, -0.1) is 0 Å². The number of benzene rings is 1. The predicted molar refractivity (Wildman–Crippen MR) is 71.1 cm³/mol. The van der Waals surface area contributed by atoms with Gasteiger partial charge in [-0.05, 0) is 52.0 Å². The van der Waals surface area contributed by atoms with Gasteiger partial charge >= 0.3 is 6.09 Å². The highest BCUT2D eigenvalue weighted by atomic mass is 16.6. The second-order valence-corrected chi connectivity index (χ2v) is 5.14. The number of hydrogen-bond donors (Lipinski definition) is 0. The average Bonchev–Trinajstić information content (AvgIpc) is 2.26. The maximum atomic E-state index is 11.8. The molecule has 0 fully saturated rings. The molecule has 0 aliphatic carbocycles. The van der Waals surface area contributed by atoms with Gasteiger partial charge in [-0.1, -0.05) is 0 Å².